The molecule has 0 fully saturated rings. The summed E-state index contributed by atoms with van der Waals surface area (Å²) in [6, 6.07) is 4.91. The fraction of sp³-hybridized carbons (Fsp3) is 0.222. The summed E-state index contributed by atoms with van der Waals surface area (Å²) in [5, 5.41) is 8.30. The molecule has 0 saturated carbocycles. The average molecular weight is 162 g/mol. The van der Waals surface area contributed by atoms with Crippen LogP contribution < -0.4 is 0 Å². The summed E-state index contributed by atoms with van der Waals surface area (Å²) >= 11 is 0. The Morgan fingerprint density at radius 2 is 2.17 bits per heavy atom. The molecule has 62 valence electrons. The van der Waals surface area contributed by atoms with E-state index in [-0.39, 0.29) is 0 Å². The minimum Gasteiger partial charge on any atom is -0.298 e. The van der Waals surface area contributed by atoms with Gasteiger partial charge >= 0.3 is 0 Å². The average Bonchev–Trinajstić information content (AvgIpc) is 2.21. The highest BCUT2D eigenvalue weighted by molar-refractivity contribution is 5.73. The van der Waals surface area contributed by atoms with E-state index in [9.17, 15) is 4.79 Å². The van der Waals surface area contributed by atoms with Crippen LogP contribution in [0.5, 0.6) is 0 Å². The SMILES string of the molecule is CC.N#Cc1ccc(C=O)cn1. The van der Waals surface area contributed by atoms with Crippen molar-refractivity contribution < 1.29 is 4.79 Å². The fourth-order valence-corrected chi connectivity index (χ4v) is 0.541. The van der Waals surface area contributed by atoms with E-state index in [1.54, 1.807) is 6.07 Å². The predicted molar refractivity (Wildman–Crippen MR) is 45.7 cm³/mol. The second-order valence-electron chi connectivity index (χ2n) is 1.71. The molecule has 3 nitrogen and oxygen atoms in total. The molecule has 0 atom stereocenters. The van der Waals surface area contributed by atoms with Crippen LogP contribution in [0.25, 0.3) is 0 Å². The minimum absolute atomic E-state index is 0.325. The van der Waals surface area contributed by atoms with Crippen molar-refractivity contribution in [1.82, 2.24) is 4.98 Å². The van der Waals surface area contributed by atoms with E-state index in [0.717, 1.165) is 0 Å². The summed E-state index contributed by atoms with van der Waals surface area (Å²) in [6.07, 6.45) is 2.06. The van der Waals surface area contributed by atoms with E-state index >= 15 is 0 Å². The Hall–Kier alpha value is -1.69. The van der Waals surface area contributed by atoms with Gasteiger partial charge in [-0.15, -0.1) is 0 Å². The van der Waals surface area contributed by atoms with Gasteiger partial charge in [0.25, 0.3) is 0 Å². The van der Waals surface area contributed by atoms with Crippen LogP contribution in [0.1, 0.15) is 29.9 Å². The quantitative estimate of drug-likeness (QED) is 0.591. The normalized spacial score (nSPS) is 7.42. The zero-order valence-electron chi connectivity index (χ0n) is 7.11. The molecule has 12 heavy (non-hydrogen) atoms. The van der Waals surface area contributed by atoms with Gasteiger partial charge in [-0.1, -0.05) is 13.8 Å². The third-order valence-electron chi connectivity index (χ3n) is 1.04. The predicted octanol–water partition coefficient (Wildman–Crippen LogP) is 1.79. The highest BCUT2D eigenvalue weighted by atomic mass is 16.1. The maximum absolute atomic E-state index is 10.1. The zero-order valence-corrected chi connectivity index (χ0v) is 7.11. The third kappa shape index (κ3) is 2.93. The smallest absolute Gasteiger partial charge is 0.151 e. The summed E-state index contributed by atoms with van der Waals surface area (Å²) in [7, 11) is 0. The van der Waals surface area contributed by atoms with Crippen molar-refractivity contribution in [2.45, 2.75) is 13.8 Å². The number of carbonyl (C=O) groups is 1. The molecule has 1 rings (SSSR count). The van der Waals surface area contributed by atoms with Gasteiger partial charge in [-0.3, -0.25) is 4.79 Å². The third-order valence-corrected chi connectivity index (χ3v) is 1.04. The Morgan fingerprint density at radius 1 is 1.50 bits per heavy atom. The van der Waals surface area contributed by atoms with Gasteiger partial charge in [-0.25, -0.2) is 4.98 Å². The van der Waals surface area contributed by atoms with Crippen LogP contribution in [-0.4, -0.2) is 11.3 Å². The first-order chi connectivity index (χ1) is 5.86. The number of pyridine rings is 1. The van der Waals surface area contributed by atoms with Crippen LogP contribution in [0.15, 0.2) is 18.3 Å². The highest BCUT2D eigenvalue weighted by Gasteiger charge is 1.90. The van der Waals surface area contributed by atoms with Crippen molar-refractivity contribution in [3.63, 3.8) is 0 Å². The Kier molecular flexibility index (Phi) is 5.20. The molecule has 0 saturated heterocycles. The molecule has 0 spiro atoms. The molecule has 0 radical (unpaired) electrons. The van der Waals surface area contributed by atoms with E-state index < -0.39 is 0 Å². The van der Waals surface area contributed by atoms with Crippen molar-refractivity contribution in [3.05, 3.63) is 29.6 Å². The lowest BCUT2D eigenvalue weighted by Gasteiger charge is -1.86. The number of aromatic nitrogens is 1. The van der Waals surface area contributed by atoms with Crippen LogP contribution in [-0.2, 0) is 0 Å². The van der Waals surface area contributed by atoms with Crippen LogP contribution in [0.4, 0.5) is 0 Å². The Bertz CT molecular complexity index is 272. The highest BCUT2D eigenvalue weighted by Crippen LogP contribution is 1.94. The lowest BCUT2D eigenvalue weighted by atomic mass is 10.3. The summed E-state index contributed by atoms with van der Waals surface area (Å²) in [4.78, 5) is 13.8. The van der Waals surface area contributed by atoms with Crippen LogP contribution >= 0.6 is 0 Å². The van der Waals surface area contributed by atoms with Crippen molar-refractivity contribution >= 4 is 6.29 Å². The standard InChI is InChI=1S/C7H4N2O.C2H6/c8-3-7-2-1-6(5-10)4-9-7;1-2/h1-2,4-5H;1-2H3. The van der Waals surface area contributed by atoms with E-state index in [1.807, 2.05) is 19.9 Å². The number of carbonyl (C=O) groups excluding carboxylic acids is 1. The maximum atomic E-state index is 10.1. The van der Waals surface area contributed by atoms with Crippen LogP contribution in [0.2, 0.25) is 0 Å². The van der Waals surface area contributed by atoms with Crippen molar-refractivity contribution in [3.8, 4) is 6.07 Å². The van der Waals surface area contributed by atoms with Crippen LogP contribution in [0.3, 0.4) is 0 Å². The van der Waals surface area contributed by atoms with Crippen molar-refractivity contribution in [2.24, 2.45) is 0 Å². The van der Waals surface area contributed by atoms with Gasteiger partial charge in [0.15, 0.2) is 6.29 Å². The van der Waals surface area contributed by atoms with Gasteiger partial charge in [-0.2, -0.15) is 5.26 Å². The minimum atomic E-state index is 0.325. The first kappa shape index (κ1) is 10.3. The molecule has 1 aromatic rings. The van der Waals surface area contributed by atoms with E-state index in [1.165, 1.54) is 12.3 Å². The van der Waals surface area contributed by atoms with Gasteiger partial charge in [0.1, 0.15) is 11.8 Å². The number of aldehydes is 1. The molecule has 1 aromatic heterocycles. The van der Waals surface area contributed by atoms with E-state index in [4.69, 9.17) is 5.26 Å². The first-order valence-corrected chi connectivity index (χ1v) is 3.68. The Balaban J connectivity index is 0.000000561. The molecule has 0 amide bonds. The largest absolute Gasteiger partial charge is 0.298 e. The number of rotatable bonds is 1. The number of hydrogen-bond acceptors (Lipinski definition) is 3. The lowest BCUT2D eigenvalue weighted by Crippen LogP contribution is -1.84. The van der Waals surface area contributed by atoms with Crippen molar-refractivity contribution in [1.29, 1.82) is 5.26 Å². The number of hydrogen-bond donors (Lipinski definition) is 0. The Morgan fingerprint density at radius 3 is 2.50 bits per heavy atom. The van der Waals surface area contributed by atoms with E-state index in [2.05, 4.69) is 4.98 Å². The zero-order chi connectivity index (χ0) is 9.40. The van der Waals surface area contributed by atoms with Gasteiger partial charge in [0, 0.05) is 11.8 Å². The summed E-state index contributed by atoms with van der Waals surface area (Å²) in [5.41, 5.74) is 0.810. The maximum Gasteiger partial charge on any atom is 0.151 e. The fourth-order valence-electron chi connectivity index (χ4n) is 0.541. The molecular formula is C9H10N2O. The second kappa shape index (κ2) is 6.05. The molecule has 0 aliphatic heterocycles. The topological polar surface area (TPSA) is 53.8 Å². The molecule has 0 aliphatic rings. The molecule has 0 aliphatic carbocycles. The van der Waals surface area contributed by atoms with Crippen molar-refractivity contribution in [2.75, 3.05) is 0 Å². The number of nitrogens with zero attached hydrogens (tertiary/aromatic N) is 2. The summed E-state index contributed by atoms with van der Waals surface area (Å²) in [6.45, 7) is 4.00. The van der Waals surface area contributed by atoms with Gasteiger partial charge < -0.3 is 0 Å². The molecule has 0 aromatic carbocycles. The van der Waals surface area contributed by atoms with Crippen LogP contribution in [0, 0.1) is 11.3 Å². The molecule has 0 unspecified atom stereocenters. The molecule has 3 heteroatoms. The lowest BCUT2D eigenvalue weighted by molar-refractivity contribution is 0.112. The van der Waals surface area contributed by atoms with E-state index in [0.29, 0.717) is 17.5 Å². The first-order valence-electron chi connectivity index (χ1n) is 3.68. The van der Waals surface area contributed by atoms with Gasteiger partial charge in [-0.05, 0) is 12.1 Å². The Labute approximate surface area is 71.7 Å². The summed E-state index contributed by atoms with van der Waals surface area (Å²) in [5.74, 6) is 0. The molecule has 0 bridgehead atoms. The molecule has 0 N–H and O–H groups in total. The number of nitriles is 1. The van der Waals surface area contributed by atoms with Gasteiger partial charge in [0.05, 0.1) is 0 Å². The monoisotopic (exact) mass is 162 g/mol. The summed E-state index contributed by atoms with van der Waals surface area (Å²) < 4.78 is 0. The second-order valence-corrected chi connectivity index (χ2v) is 1.71. The van der Waals surface area contributed by atoms with Gasteiger partial charge in [0.2, 0.25) is 0 Å². The molecular weight excluding hydrogens is 152 g/mol. The molecule has 1 heterocycles.